The molecule has 2 aliphatic heterocycles. The number of hydrogen-bond donors (Lipinski definition) is 0. The number of amides is 2. The molecular weight excluding hydrogens is 376 g/mol. The Labute approximate surface area is 177 Å². The van der Waals surface area contributed by atoms with Crippen LogP contribution in [0.15, 0.2) is 48.2 Å². The number of rotatable bonds is 3. The summed E-state index contributed by atoms with van der Waals surface area (Å²) in [4.78, 5) is 30.6. The summed E-state index contributed by atoms with van der Waals surface area (Å²) in [6, 6.07) is 13.5. The summed E-state index contributed by atoms with van der Waals surface area (Å²) >= 11 is 0. The summed E-state index contributed by atoms with van der Waals surface area (Å²) in [5.74, 6) is -0.533. The van der Waals surface area contributed by atoms with Gasteiger partial charge in [-0.05, 0) is 63.4 Å². The zero-order valence-electron chi connectivity index (χ0n) is 18.2. The van der Waals surface area contributed by atoms with Crippen molar-refractivity contribution in [3.8, 4) is 0 Å². The minimum absolute atomic E-state index is 0.0147. The van der Waals surface area contributed by atoms with Gasteiger partial charge < -0.3 is 9.64 Å². The molecule has 2 heterocycles. The predicted molar refractivity (Wildman–Crippen MR) is 118 cm³/mol. The minimum atomic E-state index is -0.270. The Balaban J connectivity index is 1.84. The third-order valence-electron chi connectivity index (χ3n) is 5.88. The van der Waals surface area contributed by atoms with Crippen molar-refractivity contribution in [1.82, 2.24) is 4.90 Å². The first-order chi connectivity index (χ1) is 14.3. The molecule has 2 aromatic carbocycles. The summed E-state index contributed by atoms with van der Waals surface area (Å²) in [7, 11) is 0. The number of imide groups is 1. The first kappa shape index (κ1) is 20.4. The number of ether oxygens (including phenoxy) is 1. The normalized spacial score (nSPS) is 22.3. The van der Waals surface area contributed by atoms with Crippen LogP contribution >= 0.6 is 0 Å². The van der Waals surface area contributed by atoms with E-state index in [2.05, 4.69) is 0 Å². The number of carbonyl (C=O) groups excluding carboxylic acids is 2. The van der Waals surface area contributed by atoms with E-state index in [4.69, 9.17) is 4.74 Å². The van der Waals surface area contributed by atoms with Gasteiger partial charge in [0.2, 0.25) is 0 Å². The Morgan fingerprint density at radius 2 is 1.47 bits per heavy atom. The van der Waals surface area contributed by atoms with Crippen LogP contribution in [0.1, 0.15) is 36.1 Å². The van der Waals surface area contributed by atoms with Crippen molar-refractivity contribution < 1.29 is 14.3 Å². The van der Waals surface area contributed by atoms with E-state index in [1.807, 2.05) is 82.0 Å². The van der Waals surface area contributed by atoms with Crippen molar-refractivity contribution in [2.75, 3.05) is 18.0 Å². The summed E-state index contributed by atoms with van der Waals surface area (Å²) < 4.78 is 5.86. The first-order valence-corrected chi connectivity index (χ1v) is 10.4. The van der Waals surface area contributed by atoms with Crippen LogP contribution in [-0.2, 0) is 14.3 Å². The van der Waals surface area contributed by atoms with E-state index < -0.39 is 0 Å². The lowest BCUT2D eigenvalue weighted by atomic mass is 10.0. The molecule has 2 aliphatic rings. The maximum atomic E-state index is 13.6. The second kappa shape index (κ2) is 7.73. The fourth-order valence-corrected chi connectivity index (χ4v) is 4.25. The molecular formula is C25H28N2O3. The predicted octanol–water partition coefficient (Wildman–Crippen LogP) is 4.01. The molecule has 156 valence electrons. The van der Waals surface area contributed by atoms with Crippen LogP contribution in [-0.4, -0.2) is 42.0 Å². The molecule has 0 saturated carbocycles. The number of morpholine rings is 1. The van der Waals surface area contributed by atoms with Crippen LogP contribution in [0.4, 0.5) is 5.69 Å². The lowest BCUT2D eigenvalue weighted by Gasteiger charge is -2.37. The average molecular weight is 405 g/mol. The molecule has 2 amide bonds. The van der Waals surface area contributed by atoms with Crippen molar-refractivity contribution in [2.24, 2.45) is 0 Å². The Morgan fingerprint density at radius 3 is 2.07 bits per heavy atom. The molecule has 2 aromatic rings. The number of benzene rings is 2. The van der Waals surface area contributed by atoms with E-state index in [9.17, 15) is 9.59 Å². The highest BCUT2D eigenvalue weighted by molar-refractivity contribution is 6.45. The maximum absolute atomic E-state index is 13.6. The van der Waals surface area contributed by atoms with E-state index in [0.29, 0.717) is 30.0 Å². The second-order valence-electron chi connectivity index (χ2n) is 8.47. The smallest absolute Gasteiger partial charge is 0.282 e. The van der Waals surface area contributed by atoms with Gasteiger partial charge in [-0.3, -0.25) is 9.59 Å². The molecule has 2 atom stereocenters. The van der Waals surface area contributed by atoms with Crippen molar-refractivity contribution in [2.45, 2.75) is 46.8 Å². The number of nitrogens with zero attached hydrogens (tertiary/aromatic N) is 2. The highest BCUT2D eigenvalue weighted by Crippen LogP contribution is 2.36. The van der Waals surface area contributed by atoms with Crippen molar-refractivity contribution in [3.63, 3.8) is 0 Å². The number of aryl methyl sites for hydroxylation is 3. The summed E-state index contributed by atoms with van der Waals surface area (Å²) in [6.45, 7) is 11.2. The van der Waals surface area contributed by atoms with Crippen LogP contribution in [0.3, 0.4) is 0 Å². The lowest BCUT2D eigenvalue weighted by molar-refractivity contribution is -0.121. The largest absolute Gasteiger partial charge is 0.372 e. The van der Waals surface area contributed by atoms with Gasteiger partial charge in [-0.25, -0.2) is 4.90 Å². The number of hydrogen-bond acceptors (Lipinski definition) is 4. The quantitative estimate of drug-likeness (QED) is 0.726. The Kier molecular flexibility index (Phi) is 5.24. The molecule has 1 saturated heterocycles. The van der Waals surface area contributed by atoms with Gasteiger partial charge in [0, 0.05) is 13.1 Å². The van der Waals surface area contributed by atoms with Gasteiger partial charge in [-0.1, -0.05) is 35.9 Å². The zero-order valence-corrected chi connectivity index (χ0v) is 18.2. The van der Waals surface area contributed by atoms with Crippen LogP contribution in [0, 0.1) is 20.8 Å². The van der Waals surface area contributed by atoms with Crippen LogP contribution in [0.5, 0.6) is 0 Å². The molecule has 5 heteroatoms. The molecule has 4 rings (SSSR count). The zero-order chi connectivity index (χ0) is 21.6. The lowest BCUT2D eigenvalue weighted by Crippen LogP contribution is -2.47. The summed E-state index contributed by atoms with van der Waals surface area (Å²) in [6.07, 6.45) is -0.0295. The minimum Gasteiger partial charge on any atom is -0.372 e. The van der Waals surface area contributed by atoms with Gasteiger partial charge in [0.1, 0.15) is 5.70 Å². The second-order valence-corrected chi connectivity index (χ2v) is 8.47. The molecule has 0 N–H and O–H groups in total. The van der Waals surface area contributed by atoms with Crippen molar-refractivity contribution in [3.05, 3.63) is 70.4 Å². The van der Waals surface area contributed by atoms with Crippen molar-refractivity contribution in [1.29, 1.82) is 0 Å². The molecule has 30 heavy (non-hydrogen) atoms. The SMILES string of the molecule is Cc1ccc(C2=C(N3CC(C)OC(C)C3)C(=O)N(c3ccc(C)c(C)c3)C2=O)cc1. The number of carbonyl (C=O) groups is 2. The highest BCUT2D eigenvalue weighted by Gasteiger charge is 2.43. The fourth-order valence-electron chi connectivity index (χ4n) is 4.25. The average Bonchev–Trinajstić information content (AvgIpc) is 2.94. The molecule has 0 bridgehead atoms. The monoisotopic (exact) mass is 404 g/mol. The fraction of sp³-hybridized carbons (Fsp3) is 0.360. The van der Waals surface area contributed by atoms with Gasteiger partial charge in [-0.15, -0.1) is 0 Å². The van der Waals surface area contributed by atoms with Gasteiger partial charge in [0.15, 0.2) is 0 Å². The standard InChI is InChI=1S/C25H28N2O3/c1-15-6-9-20(10-7-15)22-23(26-13-18(4)30-19(5)14-26)25(29)27(24(22)28)21-11-8-16(2)17(3)12-21/h6-12,18-19H,13-14H2,1-5H3. The van der Waals surface area contributed by atoms with Crippen LogP contribution in [0.2, 0.25) is 0 Å². The van der Waals surface area contributed by atoms with Crippen LogP contribution in [0.25, 0.3) is 5.57 Å². The molecule has 0 aliphatic carbocycles. The van der Waals surface area contributed by atoms with Crippen molar-refractivity contribution >= 4 is 23.1 Å². The molecule has 0 radical (unpaired) electrons. The third-order valence-corrected chi connectivity index (χ3v) is 5.88. The van der Waals surface area contributed by atoms with Crippen LogP contribution < -0.4 is 4.90 Å². The Bertz CT molecular complexity index is 1030. The molecule has 5 nitrogen and oxygen atoms in total. The van der Waals surface area contributed by atoms with E-state index in [1.165, 1.54) is 4.90 Å². The third kappa shape index (κ3) is 3.54. The van der Waals surface area contributed by atoms with Gasteiger partial charge in [-0.2, -0.15) is 0 Å². The van der Waals surface area contributed by atoms with E-state index >= 15 is 0 Å². The summed E-state index contributed by atoms with van der Waals surface area (Å²) in [5, 5.41) is 0. The van der Waals surface area contributed by atoms with Gasteiger partial charge in [0.25, 0.3) is 11.8 Å². The Hall–Kier alpha value is -2.92. The first-order valence-electron chi connectivity index (χ1n) is 10.4. The molecule has 2 unspecified atom stereocenters. The maximum Gasteiger partial charge on any atom is 0.282 e. The number of anilines is 1. The van der Waals surface area contributed by atoms with E-state index in [1.54, 1.807) is 0 Å². The molecule has 0 aromatic heterocycles. The van der Waals surface area contributed by atoms with E-state index in [0.717, 1.165) is 22.3 Å². The molecule has 0 spiro atoms. The highest BCUT2D eigenvalue weighted by atomic mass is 16.5. The summed E-state index contributed by atoms with van der Waals surface area (Å²) in [5.41, 5.74) is 5.61. The Morgan fingerprint density at radius 1 is 0.833 bits per heavy atom. The molecule has 1 fully saturated rings. The van der Waals surface area contributed by atoms with E-state index in [-0.39, 0.29) is 24.0 Å². The van der Waals surface area contributed by atoms with Gasteiger partial charge >= 0.3 is 0 Å². The van der Waals surface area contributed by atoms with Gasteiger partial charge in [0.05, 0.1) is 23.5 Å². The topological polar surface area (TPSA) is 49.9 Å².